The van der Waals surface area contributed by atoms with Gasteiger partial charge in [-0.2, -0.15) is 0 Å². The fraction of sp³-hybridized carbons (Fsp3) is 0.167. The van der Waals surface area contributed by atoms with Gasteiger partial charge in [-0.1, -0.05) is 6.07 Å². The van der Waals surface area contributed by atoms with E-state index < -0.39 is 11.6 Å². The van der Waals surface area contributed by atoms with E-state index >= 15 is 0 Å². The summed E-state index contributed by atoms with van der Waals surface area (Å²) in [4.78, 5) is 0. The van der Waals surface area contributed by atoms with Crippen molar-refractivity contribution in [2.45, 2.75) is 6.92 Å². The molecule has 0 fully saturated rings. The summed E-state index contributed by atoms with van der Waals surface area (Å²) in [6, 6.07) is 6.87. The summed E-state index contributed by atoms with van der Waals surface area (Å²) in [6.45, 7) is 2.63. The van der Waals surface area contributed by atoms with Crippen LogP contribution < -0.4 is 5.32 Å². The molecule has 17 heavy (non-hydrogen) atoms. The molecule has 0 saturated carbocycles. The van der Waals surface area contributed by atoms with Crippen LogP contribution in [0.25, 0.3) is 11.3 Å². The summed E-state index contributed by atoms with van der Waals surface area (Å²) in [5.74, 6) is -0.709. The van der Waals surface area contributed by atoms with Crippen LogP contribution in [0.5, 0.6) is 0 Å². The first-order valence-electron chi connectivity index (χ1n) is 5.24. The van der Waals surface area contributed by atoms with Gasteiger partial charge in [0.25, 0.3) is 0 Å². The average Bonchev–Trinajstić information content (AvgIpc) is 2.31. The minimum atomic E-state index is -0.643. The summed E-state index contributed by atoms with van der Waals surface area (Å²) in [5.41, 5.74) is 0.0327. The van der Waals surface area contributed by atoms with Crippen LogP contribution in [0.3, 0.4) is 0 Å². The standard InChI is InChI=1S/C12H11F2N3/c1-2-15-11-7-6-10(16-17-11)12-8(13)4-3-5-9(12)14/h3-7H,2H2,1H3,(H,15,17). The van der Waals surface area contributed by atoms with Crippen molar-refractivity contribution in [3.05, 3.63) is 42.0 Å². The van der Waals surface area contributed by atoms with E-state index in [1.54, 1.807) is 6.07 Å². The van der Waals surface area contributed by atoms with Crippen molar-refractivity contribution in [2.75, 3.05) is 11.9 Å². The number of aromatic nitrogens is 2. The second-order valence-corrected chi connectivity index (χ2v) is 3.43. The minimum Gasteiger partial charge on any atom is -0.369 e. The Morgan fingerprint density at radius 3 is 2.29 bits per heavy atom. The first-order valence-corrected chi connectivity index (χ1v) is 5.24. The molecule has 1 heterocycles. The molecule has 0 bridgehead atoms. The molecule has 0 unspecified atom stereocenters. The van der Waals surface area contributed by atoms with Gasteiger partial charge in [0.2, 0.25) is 0 Å². The van der Waals surface area contributed by atoms with Crippen LogP contribution in [0, 0.1) is 11.6 Å². The maximum Gasteiger partial charge on any atom is 0.148 e. The zero-order valence-corrected chi connectivity index (χ0v) is 9.24. The number of anilines is 1. The van der Waals surface area contributed by atoms with E-state index in [2.05, 4.69) is 15.5 Å². The smallest absolute Gasteiger partial charge is 0.148 e. The van der Waals surface area contributed by atoms with Gasteiger partial charge in [0.15, 0.2) is 0 Å². The molecule has 0 aliphatic rings. The van der Waals surface area contributed by atoms with E-state index in [4.69, 9.17) is 0 Å². The van der Waals surface area contributed by atoms with Crippen molar-refractivity contribution < 1.29 is 8.78 Å². The van der Waals surface area contributed by atoms with Gasteiger partial charge in [-0.25, -0.2) is 8.78 Å². The SMILES string of the molecule is CCNc1ccc(-c2c(F)cccc2F)nn1. The molecule has 1 N–H and O–H groups in total. The molecule has 0 radical (unpaired) electrons. The van der Waals surface area contributed by atoms with Crippen molar-refractivity contribution in [3.63, 3.8) is 0 Å². The number of hydrogen-bond donors (Lipinski definition) is 1. The normalized spacial score (nSPS) is 10.3. The lowest BCUT2D eigenvalue weighted by Crippen LogP contribution is -2.01. The highest BCUT2D eigenvalue weighted by Crippen LogP contribution is 2.23. The summed E-state index contributed by atoms with van der Waals surface area (Å²) in [7, 11) is 0. The molecular formula is C12H11F2N3. The van der Waals surface area contributed by atoms with Crippen LogP contribution in [0.15, 0.2) is 30.3 Å². The molecule has 0 spiro atoms. The number of hydrogen-bond acceptors (Lipinski definition) is 3. The highest BCUT2D eigenvalue weighted by atomic mass is 19.1. The van der Waals surface area contributed by atoms with E-state index in [9.17, 15) is 8.78 Å². The van der Waals surface area contributed by atoms with Crippen LogP contribution >= 0.6 is 0 Å². The fourth-order valence-electron chi connectivity index (χ4n) is 1.48. The van der Waals surface area contributed by atoms with Gasteiger partial charge in [-0.3, -0.25) is 0 Å². The van der Waals surface area contributed by atoms with Gasteiger partial charge in [-0.15, -0.1) is 10.2 Å². The minimum absolute atomic E-state index is 0.150. The number of nitrogens with one attached hydrogen (secondary N) is 1. The third kappa shape index (κ3) is 2.38. The third-order valence-corrected chi connectivity index (χ3v) is 2.24. The third-order valence-electron chi connectivity index (χ3n) is 2.24. The topological polar surface area (TPSA) is 37.8 Å². The molecule has 3 nitrogen and oxygen atoms in total. The molecule has 88 valence electrons. The second kappa shape index (κ2) is 4.86. The van der Waals surface area contributed by atoms with Crippen LogP contribution in [0.2, 0.25) is 0 Å². The lowest BCUT2D eigenvalue weighted by molar-refractivity contribution is 0.588. The van der Waals surface area contributed by atoms with Crippen molar-refractivity contribution in [1.82, 2.24) is 10.2 Å². The van der Waals surface area contributed by atoms with E-state index in [1.807, 2.05) is 6.92 Å². The number of rotatable bonds is 3. The van der Waals surface area contributed by atoms with E-state index in [-0.39, 0.29) is 11.3 Å². The predicted octanol–water partition coefficient (Wildman–Crippen LogP) is 2.85. The lowest BCUT2D eigenvalue weighted by Gasteiger charge is -2.05. The molecule has 5 heteroatoms. The van der Waals surface area contributed by atoms with Crippen molar-refractivity contribution in [2.24, 2.45) is 0 Å². The van der Waals surface area contributed by atoms with Gasteiger partial charge in [0.05, 0.1) is 11.3 Å². The molecule has 0 amide bonds. The number of nitrogens with zero attached hydrogens (tertiary/aromatic N) is 2. The Bertz CT molecular complexity index is 491. The Morgan fingerprint density at radius 1 is 1.06 bits per heavy atom. The van der Waals surface area contributed by atoms with Gasteiger partial charge in [0.1, 0.15) is 17.5 Å². The molecule has 1 aromatic carbocycles. The second-order valence-electron chi connectivity index (χ2n) is 3.43. The van der Waals surface area contributed by atoms with Crippen LogP contribution in [-0.2, 0) is 0 Å². The summed E-state index contributed by atoms with van der Waals surface area (Å²) >= 11 is 0. The lowest BCUT2D eigenvalue weighted by atomic mass is 10.1. The molecular weight excluding hydrogens is 224 g/mol. The van der Waals surface area contributed by atoms with Gasteiger partial charge >= 0.3 is 0 Å². The van der Waals surface area contributed by atoms with Gasteiger partial charge in [0, 0.05) is 6.54 Å². The zero-order chi connectivity index (χ0) is 12.3. The summed E-state index contributed by atoms with van der Waals surface area (Å²) in [5, 5.41) is 10.6. The molecule has 0 aliphatic heterocycles. The Kier molecular flexibility index (Phi) is 3.27. The first-order chi connectivity index (χ1) is 8.22. The Labute approximate surface area is 97.5 Å². The molecule has 0 saturated heterocycles. The number of halogens is 2. The Morgan fingerprint density at radius 2 is 1.76 bits per heavy atom. The molecule has 0 aliphatic carbocycles. The monoisotopic (exact) mass is 235 g/mol. The average molecular weight is 235 g/mol. The maximum atomic E-state index is 13.5. The highest BCUT2D eigenvalue weighted by Gasteiger charge is 2.12. The van der Waals surface area contributed by atoms with Gasteiger partial charge in [-0.05, 0) is 31.2 Å². The van der Waals surface area contributed by atoms with Crippen molar-refractivity contribution in [3.8, 4) is 11.3 Å². The maximum absolute atomic E-state index is 13.5. The highest BCUT2D eigenvalue weighted by molar-refractivity contribution is 5.61. The van der Waals surface area contributed by atoms with Crippen molar-refractivity contribution >= 4 is 5.82 Å². The van der Waals surface area contributed by atoms with E-state index in [0.29, 0.717) is 12.4 Å². The quantitative estimate of drug-likeness (QED) is 0.888. The Balaban J connectivity index is 2.40. The van der Waals surface area contributed by atoms with E-state index in [0.717, 1.165) is 0 Å². The summed E-state index contributed by atoms with van der Waals surface area (Å²) < 4.78 is 26.9. The number of benzene rings is 1. The first kappa shape index (κ1) is 11.4. The molecule has 1 aromatic heterocycles. The molecule has 2 rings (SSSR count). The molecule has 0 atom stereocenters. The van der Waals surface area contributed by atoms with Crippen LogP contribution in [0.4, 0.5) is 14.6 Å². The summed E-state index contributed by atoms with van der Waals surface area (Å²) in [6.07, 6.45) is 0. The fourth-order valence-corrected chi connectivity index (χ4v) is 1.48. The predicted molar refractivity (Wildman–Crippen MR) is 61.5 cm³/mol. The van der Waals surface area contributed by atoms with Crippen LogP contribution in [0.1, 0.15) is 6.92 Å². The van der Waals surface area contributed by atoms with Gasteiger partial charge < -0.3 is 5.32 Å². The van der Waals surface area contributed by atoms with Crippen molar-refractivity contribution in [1.29, 1.82) is 0 Å². The molecule has 2 aromatic rings. The largest absolute Gasteiger partial charge is 0.369 e. The van der Waals surface area contributed by atoms with E-state index in [1.165, 1.54) is 24.3 Å². The van der Waals surface area contributed by atoms with Crippen LogP contribution in [-0.4, -0.2) is 16.7 Å². The zero-order valence-electron chi connectivity index (χ0n) is 9.24. The Hall–Kier alpha value is -2.04.